The molecular weight excluding hydrogens is 244 g/mol. The van der Waals surface area contributed by atoms with Gasteiger partial charge in [0.25, 0.3) is 0 Å². The Balaban J connectivity index is 2.18. The van der Waals surface area contributed by atoms with Gasteiger partial charge in [0.15, 0.2) is 0 Å². The average Bonchev–Trinajstić information content (AvgIpc) is 2.68. The summed E-state index contributed by atoms with van der Waals surface area (Å²) < 4.78 is 0. The predicted molar refractivity (Wildman–Crippen MR) is 87.2 cm³/mol. The molecule has 1 heterocycles. The van der Waals surface area contributed by atoms with Gasteiger partial charge in [-0.2, -0.15) is 0 Å². The zero-order valence-electron chi connectivity index (χ0n) is 13.5. The molecule has 2 nitrogen and oxygen atoms in total. The van der Waals surface area contributed by atoms with Crippen molar-refractivity contribution in [3.05, 3.63) is 35.4 Å². The lowest BCUT2D eigenvalue weighted by molar-refractivity contribution is 0.166. The molecule has 0 saturated carbocycles. The minimum atomic E-state index is 0.552. The van der Waals surface area contributed by atoms with E-state index in [2.05, 4.69) is 62.2 Å². The smallest absolute Gasteiger partial charge is 0.0371 e. The Morgan fingerprint density at radius 2 is 1.55 bits per heavy atom. The van der Waals surface area contributed by atoms with Crippen molar-refractivity contribution in [2.75, 3.05) is 26.2 Å². The summed E-state index contributed by atoms with van der Waals surface area (Å²) >= 11 is 0. The standard InChI is InChI=1S/C18H30N2/c1-14(2)16-6-8-17(9-7-16)18(15(3)4)20-12-5-10-19-11-13-20/h6-9,14-15,18-19H,5,10-13H2,1-4H3. The maximum absolute atomic E-state index is 3.50. The molecule has 1 N–H and O–H groups in total. The normalized spacial score (nSPS) is 19.3. The van der Waals surface area contributed by atoms with Gasteiger partial charge >= 0.3 is 0 Å². The molecule has 0 radical (unpaired) electrons. The lowest BCUT2D eigenvalue weighted by Crippen LogP contribution is -2.35. The molecule has 0 amide bonds. The monoisotopic (exact) mass is 274 g/mol. The summed E-state index contributed by atoms with van der Waals surface area (Å²) in [6.07, 6.45) is 1.26. The Kier molecular flexibility index (Phi) is 5.62. The molecule has 1 fully saturated rings. The summed E-state index contributed by atoms with van der Waals surface area (Å²) in [5.74, 6) is 1.27. The first-order chi connectivity index (χ1) is 9.59. The average molecular weight is 274 g/mol. The third kappa shape index (κ3) is 3.83. The van der Waals surface area contributed by atoms with Gasteiger partial charge in [0.1, 0.15) is 0 Å². The van der Waals surface area contributed by atoms with Crippen molar-refractivity contribution in [3.8, 4) is 0 Å². The molecular formula is C18H30N2. The summed E-state index contributed by atoms with van der Waals surface area (Å²) in [6.45, 7) is 13.9. The summed E-state index contributed by atoms with van der Waals surface area (Å²) in [4.78, 5) is 2.66. The molecule has 1 aliphatic rings. The van der Waals surface area contributed by atoms with E-state index in [9.17, 15) is 0 Å². The molecule has 0 spiro atoms. The highest BCUT2D eigenvalue weighted by molar-refractivity contribution is 5.27. The van der Waals surface area contributed by atoms with Crippen LogP contribution in [0.3, 0.4) is 0 Å². The summed E-state index contributed by atoms with van der Waals surface area (Å²) in [6, 6.07) is 9.86. The van der Waals surface area contributed by atoms with Crippen LogP contribution in [0.15, 0.2) is 24.3 Å². The Morgan fingerprint density at radius 3 is 2.15 bits per heavy atom. The molecule has 0 bridgehead atoms. The van der Waals surface area contributed by atoms with E-state index in [0.29, 0.717) is 17.9 Å². The van der Waals surface area contributed by atoms with Gasteiger partial charge in [0.2, 0.25) is 0 Å². The highest BCUT2D eigenvalue weighted by atomic mass is 15.2. The second-order valence-electron chi connectivity index (χ2n) is 6.65. The first-order valence-corrected chi connectivity index (χ1v) is 8.14. The van der Waals surface area contributed by atoms with Gasteiger partial charge in [-0.1, -0.05) is 52.0 Å². The molecule has 1 atom stereocenters. The van der Waals surface area contributed by atoms with Gasteiger partial charge < -0.3 is 5.32 Å². The van der Waals surface area contributed by atoms with Crippen molar-refractivity contribution < 1.29 is 0 Å². The Bertz CT molecular complexity index is 386. The predicted octanol–water partition coefficient (Wildman–Crippen LogP) is 3.80. The van der Waals surface area contributed by atoms with E-state index in [0.717, 1.165) is 19.6 Å². The van der Waals surface area contributed by atoms with Gasteiger partial charge in [0.05, 0.1) is 0 Å². The van der Waals surface area contributed by atoms with Crippen LogP contribution < -0.4 is 5.32 Å². The summed E-state index contributed by atoms with van der Waals surface area (Å²) in [5.41, 5.74) is 2.92. The Labute approximate surface area is 124 Å². The summed E-state index contributed by atoms with van der Waals surface area (Å²) in [5, 5.41) is 3.50. The van der Waals surface area contributed by atoms with E-state index >= 15 is 0 Å². The van der Waals surface area contributed by atoms with Crippen LogP contribution in [0.1, 0.15) is 57.2 Å². The lowest BCUT2D eigenvalue weighted by atomic mass is 9.92. The quantitative estimate of drug-likeness (QED) is 0.898. The largest absolute Gasteiger partial charge is 0.315 e. The second-order valence-corrected chi connectivity index (χ2v) is 6.65. The molecule has 1 aromatic rings. The molecule has 112 valence electrons. The number of hydrogen-bond donors (Lipinski definition) is 1. The van der Waals surface area contributed by atoms with Crippen LogP contribution in [0.25, 0.3) is 0 Å². The third-order valence-corrected chi connectivity index (χ3v) is 4.34. The van der Waals surface area contributed by atoms with Crippen molar-refractivity contribution in [1.29, 1.82) is 0 Å². The fraction of sp³-hybridized carbons (Fsp3) is 0.667. The van der Waals surface area contributed by atoms with E-state index in [-0.39, 0.29) is 0 Å². The van der Waals surface area contributed by atoms with E-state index in [1.54, 1.807) is 0 Å². The van der Waals surface area contributed by atoms with Gasteiger partial charge in [-0.05, 0) is 35.9 Å². The SMILES string of the molecule is CC(C)c1ccc(C(C(C)C)N2CCCNCC2)cc1. The Hall–Kier alpha value is -0.860. The minimum Gasteiger partial charge on any atom is -0.315 e. The molecule has 1 unspecified atom stereocenters. The zero-order valence-corrected chi connectivity index (χ0v) is 13.5. The fourth-order valence-electron chi connectivity index (χ4n) is 3.24. The Morgan fingerprint density at radius 1 is 0.900 bits per heavy atom. The number of benzene rings is 1. The number of rotatable bonds is 4. The van der Waals surface area contributed by atoms with E-state index in [4.69, 9.17) is 0 Å². The molecule has 1 saturated heterocycles. The van der Waals surface area contributed by atoms with Crippen LogP contribution in [0.5, 0.6) is 0 Å². The van der Waals surface area contributed by atoms with Crippen LogP contribution in [0, 0.1) is 5.92 Å². The van der Waals surface area contributed by atoms with Crippen LogP contribution in [0.4, 0.5) is 0 Å². The fourth-order valence-corrected chi connectivity index (χ4v) is 3.24. The van der Waals surface area contributed by atoms with Gasteiger partial charge in [-0.3, -0.25) is 4.90 Å². The molecule has 0 aliphatic carbocycles. The third-order valence-electron chi connectivity index (χ3n) is 4.34. The van der Waals surface area contributed by atoms with Gasteiger partial charge in [-0.25, -0.2) is 0 Å². The van der Waals surface area contributed by atoms with Crippen LogP contribution in [-0.2, 0) is 0 Å². The van der Waals surface area contributed by atoms with Gasteiger partial charge in [0, 0.05) is 25.7 Å². The number of nitrogens with zero attached hydrogens (tertiary/aromatic N) is 1. The van der Waals surface area contributed by atoms with Crippen molar-refractivity contribution >= 4 is 0 Å². The van der Waals surface area contributed by atoms with E-state index in [1.807, 2.05) is 0 Å². The minimum absolute atomic E-state index is 0.552. The molecule has 1 aromatic carbocycles. The highest BCUT2D eigenvalue weighted by Gasteiger charge is 2.24. The number of nitrogens with one attached hydrogen (secondary N) is 1. The topological polar surface area (TPSA) is 15.3 Å². The van der Waals surface area contributed by atoms with E-state index in [1.165, 1.54) is 24.1 Å². The van der Waals surface area contributed by atoms with Crippen LogP contribution in [-0.4, -0.2) is 31.1 Å². The zero-order chi connectivity index (χ0) is 14.5. The first kappa shape index (κ1) is 15.5. The maximum Gasteiger partial charge on any atom is 0.0371 e. The maximum atomic E-state index is 3.50. The van der Waals surface area contributed by atoms with E-state index < -0.39 is 0 Å². The summed E-state index contributed by atoms with van der Waals surface area (Å²) in [7, 11) is 0. The molecule has 20 heavy (non-hydrogen) atoms. The van der Waals surface area contributed by atoms with Gasteiger partial charge in [-0.15, -0.1) is 0 Å². The lowest BCUT2D eigenvalue weighted by Gasteiger charge is -2.34. The molecule has 2 heteroatoms. The first-order valence-electron chi connectivity index (χ1n) is 8.14. The second kappa shape index (κ2) is 7.24. The van der Waals surface area contributed by atoms with Crippen LogP contribution >= 0.6 is 0 Å². The molecule has 0 aromatic heterocycles. The number of hydrogen-bond acceptors (Lipinski definition) is 2. The van der Waals surface area contributed by atoms with Crippen molar-refractivity contribution in [1.82, 2.24) is 10.2 Å². The van der Waals surface area contributed by atoms with Crippen molar-refractivity contribution in [2.24, 2.45) is 5.92 Å². The van der Waals surface area contributed by atoms with Crippen LogP contribution in [0.2, 0.25) is 0 Å². The van der Waals surface area contributed by atoms with Crippen molar-refractivity contribution in [2.45, 2.75) is 46.1 Å². The molecule has 1 aliphatic heterocycles. The van der Waals surface area contributed by atoms with Crippen molar-refractivity contribution in [3.63, 3.8) is 0 Å². The highest BCUT2D eigenvalue weighted by Crippen LogP contribution is 2.30. The molecule has 2 rings (SSSR count).